The number of benzene rings is 2. The van der Waals surface area contributed by atoms with E-state index in [0.717, 1.165) is 18.7 Å². The Hall–Kier alpha value is -1.80. The molecule has 0 spiro atoms. The summed E-state index contributed by atoms with van der Waals surface area (Å²) in [5.74, 6) is 0.633. The lowest BCUT2D eigenvalue weighted by molar-refractivity contribution is 0.282. The van der Waals surface area contributed by atoms with Gasteiger partial charge >= 0.3 is 0 Å². The van der Waals surface area contributed by atoms with Gasteiger partial charge in [0.2, 0.25) is 0 Å². The summed E-state index contributed by atoms with van der Waals surface area (Å²) >= 11 is 0. The van der Waals surface area contributed by atoms with Crippen molar-refractivity contribution in [3.05, 3.63) is 65.2 Å². The molecule has 2 aromatic rings. The highest BCUT2D eigenvalue weighted by Gasteiger charge is 2.24. The van der Waals surface area contributed by atoms with Crippen LogP contribution in [0, 0.1) is 6.92 Å². The van der Waals surface area contributed by atoms with Crippen LogP contribution in [0.2, 0.25) is 0 Å². The topological polar surface area (TPSA) is 23.5 Å². The number of aliphatic hydroxyl groups is 1. The summed E-state index contributed by atoms with van der Waals surface area (Å²) in [5, 5.41) is 9.20. The Bertz CT molecular complexity index is 579. The fraction of sp³-hybridized carbons (Fsp3) is 0.333. The SMILES string of the molecule is Cc1cc(CO)ccc1N1CCC(c2ccccc2)C1. The maximum atomic E-state index is 9.20. The molecule has 1 aliphatic heterocycles. The first-order valence-corrected chi connectivity index (χ1v) is 7.28. The van der Waals surface area contributed by atoms with Crippen molar-refractivity contribution in [2.24, 2.45) is 0 Å². The molecule has 2 heteroatoms. The number of hydrogen-bond donors (Lipinski definition) is 1. The monoisotopic (exact) mass is 267 g/mol. The molecule has 104 valence electrons. The summed E-state index contributed by atoms with van der Waals surface area (Å²) in [7, 11) is 0. The Balaban J connectivity index is 1.77. The zero-order valence-corrected chi connectivity index (χ0v) is 11.9. The van der Waals surface area contributed by atoms with Gasteiger partial charge in [0.1, 0.15) is 0 Å². The molecule has 1 aliphatic rings. The molecule has 1 fully saturated rings. The molecule has 20 heavy (non-hydrogen) atoms. The summed E-state index contributed by atoms with van der Waals surface area (Å²) in [6.07, 6.45) is 1.21. The molecule has 2 aromatic carbocycles. The second-order valence-corrected chi connectivity index (χ2v) is 5.62. The quantitative estimate of drug-likeness (QED) is 0.920. The number of aryl methyl sites for hydroxylation is 1. The van der Waals surface area contributed by atoms with Gasteiger partial charge in [0.25, 0.3) is 0 Å². The Morgan fingerprint density at radius 3 is 2.65 bits per heavy atom. The molecule has 1 N–H and O–H groups in total. The minimum atomic E-state index is 0.119. The van der Waals surface area contributed by atoms with E-state index < -0.39 is 0 Å². The van der Waals surface area contributed by atoms with Crippen LogP contribution in [0.25, 0.3) is 0 Å². The summed E-state index contributed by atoms with van der Waals surface area (Å²) in [6.45, 7) is 4.44. The van der Waals surface area contributed by atoms with Crippen LogP contribution in [-0.4, -0.2) is 18.2 Å². The van der Waals surface area contributed by atoms with Gasteiger partial charge in [-0.15, -0.1) is 0 Å². The summed E-state index contributed by atoms with van der Waals surface area (Å²) < 4.78 is 0. The predicted octanol–water partition coefficient (Wildman–Crippen LogP) is 3.48. The van der Waals surface area contributed by atoms with Gasteiger partial charge in [0, 0.05) is 24.7 Å². The molecule has 0 amide bonds. The van der Waals surface area contributed by atoms with Crippen LogP contribution in [0.15, 0.2) is 48.5 Å². The van der Waals surface area contributed by atoms with E-state index in [1.54, 1.807) is 0 Å². The minimum absolute atomic E-state index is 0.119. The molecule has 0 aromatic heterocycles. The van der Waals surface area contributed by atoms with Crippen LogP contribution in [0.4, 0.5) is 5.69 Å². The van der Waals surface area contributed by atoms with Crippen molar-refractivity contribution in [2.75, 3.05) is 18.0 Å². The lowest BCUT2D eigenvalue weighted by atomic mass is 9.99. The second-order valence-electron chi connectivity index (χ2n) is 5.62. The van der Waals surface area contributed by atoms with E-state index >= 15 is 0 Å². The first-order chi connectivity index (χ1) is 9.78. The molecule has 0 saturated carbocycles. The average molecular weight is 267 g/mol. The molecular weight excluding hydrogens is 246 g/mol. The van der Waals surface area contributed by atoms with E-state index in [9.17, 15) is 5.11 Å². The standard InChI is InChI=1S/C18H21NO/c1-14-11-15(13-20)7-8-18(14)19-10-9-17(12-19)16-5-3-2-4-6-16/h2-8,11,17,20H,9-10,12-13H2,1H3. The van der Waals surface area contributed by atoms with Gasteiger partial charge in [-0.3, -0.25) is 0 Å². The van der Waals surface area contributed by atoms with Gasteiger partial charge in [-0.1, -0.05) is 42.5 Å². The highest BCUT2D eigenvalue weighted by Crippen LogP contribution is 2.32. The predicted molar refractivity (Wildman–Crippen MR) is 83.1 cm³/mol. The van der Waals surface area contributed by atoms with Crippen molar-refractivity contribution in [1.29, 1.82) is 0 Å². The van der Waals surface area contributed by atoms with E-state index in [0.29, 0.717) is 5.92 Å². The van der Waals surface area contributed by atoms with Gasteiger partial charge in [-0.05, 0) is 36.1 Å². The van der Waals surface area contributed by atoms with Crippen LogP contribution >= 0.6 is 0 Å². The fourth-order valence-corrected chi connectivity index (χ4v) is 3.15. The van der Waals surface area contributed by atoms with Gasteiger partial charge in [0.05, 0.1) is 6.61 Å². The Labute approximate surface area is 120 Å². The van der Waals surface area contributed by atoms with Crippen LogP contribution in [0.1, 0.15) is 29.0 Å². The third kappa shape index (κ3) is 2.56. The average Bonchev–Trinajstić information content (AvgIpc) is 2.97. The first kappa shape index (κ1) is 13.2. The van der Waals surface area contributed by atoms with Crippen molar-refractivity contribution >= 4 is 5.69 Å². The number of hydrogen-bond acceptors (Lipinski definition) is 2. The normalized spacial score (nSPS) is 18.5. The highest BCUT2D eigenvalue weighted by molar-refractivity contribution is 5.55. The van der Waals surface area contributed by atoms with E-state index in [1.807, 2.05) is 6.07 Å². The highest BCUT2D eigenvalue weighted by atomic mass is 16.3. The van der Waals surface area contributed by atoms with Crippen LogP contribution in [0.5, 0.6) is 0 Å². The lowest BCUT2D eigenvalue weighted by Gasteiger charge is -2.21. The van der Waals surface area contributed by atoms with Gasteiger partial charge < -0.3 is 10.0 Å². The zero-order valence-electron chi connectivity index (χ0n) is 11.9. The van der Waals surface area contributed by atoms with Crippen molar-refractivity contribution < 1.29 is 5.11 Å². The summed E-state index contributed by atoms with van der Waals surface area (Å²) in [6, 6.07) is 17.1. The molecule has 1 heterocycles. The maximum Gasteiger partial charge on any atom is 0.0681 e. The first-order valence-electron chi connectivity index (χ1n) is 7.28. The van der Waals surface area contributed by atoms with Gasteiger partial charge in [0.15, 0.2) is 0 Å². The van der Waals surface area contributed by atoms with Crippen molar-refractivity contribution in [2.45, 2.75) is 25.9 Å². The largest absolute Gasteiger partial charge is 0.392 e. The fourth-order valence-electron chi connectivity index (χ4n) is 3.15. The minimum Gasteiger partial charge on any atom is -0.392 e. The number of aliphatic hydroxyl groups excluding tert-OH is 1. The smallest absolute Gasteiger partial charge is 0.0681 e. The second kappa shape index (κ2) is 5.68. The summed E-state index contributed by atoms with van der Waals surface area (Å²) in [4.78, 5) is 2.47. The van der Waals surface area contributed by atoms with Crippen molar-refractivity contribution in [3.8, 4) is 0 Å². The Kier molecular flexibility index (Phi) is 3.75. The van der Waals surface area contributed by atoms with E-state index in [-0.39, 0.29) is 6.61 Å². The maximum absolute atomic E-state index is 9.20. The van der Waals surface area contributed by atoms with Crippen molar-refractivity contribution in [3.63, 3.8) is 0 Å². The van der Waals surface area contributed by atoms with Gasteiger partial charge in [-0.25, -0.2) is 0 Å². The Morgan fingerprint density at radius 2 is 1.95 bits per heavy atom. The molecule has 0 bridgehead atoms. The zero-order chi connectivity index (χ0) is 13.9. The van der Waals surface area contributed by atoms with Crippen LogP contribution < -0.4 is 4.90 Å². The summed E-state index contributed by atoms with van der Waals surface area (Å²) in [5.41, 5.74) is 5.00. The third-order valence-electron chi connectivity index (χ3n) is 4.24. The van der Waals surface area contributed by atoms with E-state index in [2.05, 4.69) is 54.3 Å². The lowest BCUT2D eigenvalue weighted by Crippen LogP contribution is -2.20. The number of rotatable bonds is 3. The van der Waals surface area contributed by atoms with Crippen LogP contribution in [-0.2, 0) is 6.61 Å². The Morgan fingerprint density at radius 1 is 1.15 bits per heavy atom. The molecule has 1 saturated heterocycles. The molecule has 2 nitrogen and oxygen atoms in total. The molecular formula is C18H21NO. The van der Waals surface area contributed by atoms with E-state index in [4.69, 9.17) is 0 Å². The van der Waals surface area contributed by atoms with Gasteiger partial charge in [-0.2, -0.15) is 0 Å². The molecule has 0 radical (unpaired) electrons. The molecule has 0 aliphatic carbocycles. The third-order valence-corrected chi connectivity index (χ3v) is 4.24. The molecule has 1 unspecified atom stereocenters. The molecule has 1 atom stereocenters. The molecule has 3 rings (SSSR count). The number of nitrogens with zero attached hydrogens (tertiary/aromatic N) is 1. The number of anilines is 1. The van der Waals surface area contributed by atoms with Crippen molar-refractivity contribution in [1.82, 2.24) is 0 Å². The van der Waals surface area contributed by atoms with Crippen LogP contribution in [0.3, 0.4) is 0 Å². The van der Waals surface area contributed by atoms with E-state index in [1.165, 1.54) is 23.2 Å².